The van der Waals surface area contributed by atoms with Gasteiger partial charge in [0.2, 0.25) is 0 Å². The summed E-state index contributed by atoms with van der Waals surface area (Å²) in [7, 11) is 4.72. The maximum atomic E-state index is 11.7. The van der Waals surface area contributed by atoms with Gasteiger partial charge in [-0.15, -0.1) is 0 Å². The van der Waals surface area contributed by atoms with Crippen LogP contribution in [-0.2, 0) is 15.5 Å². The summed E-state index contributed by atoms with van der Waals surface area (Å²) in [6.45, 7) is 1.83. The number of hydrogen-bond donors (Lipinski definition) is 0. The van der Waals surface area contributed by atoms with Crippen molar-refractivity contribution in [3.63, 3.8) is 0 Å². The average Bonchev–Trinajstić information content (AvgIpc) is 2.25. The number of aryl methyl sites for hydroxylation is 1. The van der Waals surface area contributed by atoms with Gasteiger partial charge in [-0.1, -0.05) is 13.0 Å². The van der Waals surface area contributed by atoms with Gasteiger partial charge in [0.05, 0.1) is 4.90 Å². The van der Waals surface area contributed by atoms with Crippen molar-refractivity contribution in [3.05, 3.63) is 29.3 Å². The van der Waals surface area contributed by atoms with Gasteiger partial charge >= 0.3 is 0 Å². The molecule has 17 heavy (non-hydrogen) atoms. The SMILES string of the molecule is CCc1ccc(C(=O)N(C)C)cc1S(=O)(=O)Cl. The third-order valence-electron chi connectivity index (χ3n) is 2.36. The van der Waals surface area contributed by atoms with Gasteiger partial charge in [0.15, 0.2) is 0 Å². The van der Waals surface area contributed by atoms with Crippen LogP contribution in [-0.4, -0.2) is 33.3 Å². The van der Waals surface area contributed by atoms with Crippen LogP contribution in [0.2, 0.25) is 0 Å². The smallest absolute Gasteiger partial charge is 0.261 e. The number of amides is 1. The molecule has 0 aliphatic carbocycles. The highest BCUT2D eigenvalue weighted by molar-refractivity contribution is 8.13. The van der Waals surface area contributed by atoms with E-state index in [2.05, 4.69) is 0 Å². The average molecular weight is 276 g/mol. The molecule has 1 aromatic rings. The number of halogens is 1. The summed E-state index contributed by atoms with van der Waals surface area (Å²) in [5.41, 5.74) is 0.918. The van der Waals surface area contributed by atoms with Crippen LogP contribution in [0.5, 0.6) is 0 Å². The molecule has 0 bridgehead atoms. The maximum absolute atomic E-state index is 11.7. The first kappa shape index (κ1) is 14.0. The molecular formula is C11H14ClNO3S. The topological polar surface area (TPSA) is 54.5 Å². The van der Waals surface area contributed by atoms with Gasteiger partial charge in [0.25, 0.3) is 15.0 Å². The molecule has 0 spiro atoms. The van der Waals surface area contributed by atoms with Crippen molar-refractivity contribution in [1.29, 1.82) is 0 Å². The zero-order chi connectivity index (χ0) is 13.2. The van der Waals surface area contributed by atoms with Crippen LogP contribution in [0.25, 0.3) is 0 Å². The highest BCUT2D eigenvalue weighted by Gasteiger charge is 2.18. The van der Waals surface area contributed by atoms with Crippen LogP contribution in [0.1, 0.15) is 22.8 Å². The summed E-state index contributed by atoms with van der Waals surface area (Å²) in [6, 6.07) is 4.54. The van der Waals surface area contributed by atoms with Crippen molar-refractivity contribution in [2.75, 3.05) is 14.1 Å². The molecule has 0 aliphatic heterocycles. The molecule has 0 aliphatic rings. The molecule has 0 radical (unpaired) electrons. The predicted octanol–water partition coefficient (Wildman–Crippen LogP) is 1.88. The number of carbonyl (C=O) groups excluding carboxylic acids is 1. The van der Waals surface area contributed by atoms with Gasteiger partial charge in [-0.3, -0.25) is 4.79 Å². The van der Waals surface area contributed by atoms with Crippen LogP contribution in [0.15, 0.2) is 23.1 Å². The fourth-order valence-corrected chi connectivity index (χ4v) is 2.69. The van der Waals surface area contributed by atoms with E-state index in [1.165, 1.54) is 11.0 Å². The zero-order valence-electron chi connectivity index (χ0n) is 9.90. The van der Waals surface area contributed by atoms with Crippen molar-refractivity contribution in [2.45, 2.75) is 18.2 Å². The second-order valence-corrected chi connectivity index (χ2v) is 6.35. The van der Waals surface area contributed by atoms with Crippen LogP contribution in [0.4, 0.5) is 0 Å². The molecule has 0 heterocycles. The van der Waals surface area contributed by atoms with Crippen LogP contribution in [0, 0.1) is 0 Å². The third kappa shape index (κ3) is 3.20. The Bertz CT molecular complexity index is 538. The summed E-state index contributed by atoms with van der Waals surface area (Å²) >= 11 is 0. The Morgan fingerprint density at radius 1 is 1.35 bits per heavy atom. The Labute approximate surface area is 106 Å². The van der Waals surface area contributed by atoms with Gasteiger partial charge in [-0.05, 0) is 24.1 Å². The molecular weight excluding hydrogens is 262 g/mol. The number of nitrogens with zero attached hydrogens (tertiary/aromatic N) is 1. The number of benzene rings is 1. The van der Waals surface area contributed by atoms with Crippen LogP contribution >= 0.6 is 10.7 Å². The summed E-state index contributed by atoms with van der Waals surface area (Å²) in [6.07, 6.45) is 0.539. The summed E-state index contributed by atoms with van der Waals surface area (Å²) in [5, 5.41) is 0. The van der Waals surface area contributed by atoms with E-state index in [1.54, 1.807) is 26.2 Å². The lowest BCUT2D eigenvalue weighted by molar-refractivity contribution is 0.0827. The van der Waals surface area contributed by atoms with Gasteiger partial charge < -0.3 is 4.90 Å². The van der Waals surface area contributed by atoms with Crippen molar-refractivity contribution in [3.8, 4) is 0 Å². The van der Waals surface area contributed by atoms with E-state index in [4.69, 9.17) is 10.7 Å². The Morgan fingerprint density at radius 3 is 2.35 bits per heavy atom. The molecule has 1 rings (SSSR count). The van der Waals surface area contributed by atoms with Crippen molar-refractivity contribution in [1.82, 2.24) is 4.90 Å². The largest absolute Gasteiger partial charge is 0.345 e. The van der Waals surface area contributed by atoms with Gasteiger partial charge in [0, 0.05) is 30.3 Å². The standard InChI is InChI=1S/C11H14ClNO3S/c1-4-8-5-6-9(11(14)13(2)3)7-10(8)17(12,15)16/h5-7H,4H2,1-3H3. The lowest BCUT2D eigenvalue weighted by Crippen LogP contribution is -2.22. The second-order valence-electron chi connectivity index (χ2n) is 3.81. The molecule has 0 saturated carbocycles. The first-order valence-corrected chi connectivity index (χ1v) is 7.37. The number of carbonyl (C=O) groups is 1. The van der Waals surface area contributed by atoms with E-state index in [0.29, 0.717) is 17.5 Å². The fourth-order valence-electron chi connectivity index (χ4n) is 1.46. The summed E-state index contributed by atoms with van der Waals surface area (Å²) in [4.78, 5) is 13.1. The Kier molecular flexibility index (Phi) is 4.16. The molecule has 4 nitrogen and oxygen atoms in total. The molecule has 0 aromatic heterocycles. The predicted molar refractivity (Wildman–Crippen MR) is 66.9 cm³/mol. The molecule has 94 valence electrons. The quantitative estimate of drug-likeness (QED) is 0.792. The van der Waals surface area contributed by atoms with Crippen molar-refractivity contribution in [2.24, 2.45) is 0 Å². The number of rotatable bonds is 3. The molecule has 0 unspecified atom stereocenters. The Morgan fingerprint density at radius 2 is 1.94 bits per heavy atom. The monoisotopic (exact) mass is 275 g/mol. The van der Waals surface area contributed by atoms with Gasteiger partial charge in [0.1, 0.15) is 0 Å². The van der Waals surface area contributed by atoms with Crippen LogP contribution in [0.3, 0.4) is 0 Å². The Hall–Kier alpha value is -1.07. The highest BCUT2D eigenvalue weighted by Crippen LogP contribution is 2.22. The molecule has 0 N–H and O–H groups in total. The fraction of sp³-hybridized carbons (Fsp3) is 0.364. The minimum absolute atomic E-state index is 0.00867. The lowest BCUT2D eigenvalue weighted by atomic mass is 10.1. The third-order valence-corrected chi connectivity index (χ3v) is 3.77. The van der Waals surface area contributed by atoms with Gasteiger partial charge in [-0.2, -0.15) is 0 Å². The zero-order valence-corrected chi connectivity index (χ0v) is 11.5. The lowest BCUT2D eigenvalue weighted by Gasteiger charge is -2.12. The molecule has 1 aromatic carbocycles. The molecule has 0 atom stereocenters. The first-order valence-electron chi connectivity index (χ1n) is 5.06. The van der Waals surface area contributed by atoms with E-state index >= 15 is 0 Å². The summed E-state index contributed by atoms with van der Waals surface area (Å²) in [5.74, 6) is -0.255. The van der Waals surface area contributed by atoms with E-state index in [0.717, 1.165) is 0 Å². The van der Waals surface area contributed by atoms with E-state index in [1.807, 2.05) is 6.92 Å². The van der Waals surface area contributed by atoms with E-state index < -0.39 is 9.05 Å². The number of hydrogen-bond acceptors (Lipinski definition) is 3. The normalized spacial score (nSPS) is 11.3. The molecule has 0 saturated heterocycles. The summed E-state index contributed by atoms with van der Waals surface area (Å²) < 4.78 is 22.8. The van der Waals surface area contributed by atoms with E-state index in [-0.39, 0.29) is 10.8 Å². The van der Waals surface area contributed by atoms with Crippen molar-refractivity contribution >= 4 is 25.6 Å². The van der Waals surface area contributed by atoms with Crippen molar-refractivity contribution < 1.29 is 13.2 Å². The minimum Gasteiger partial charge on any atom is -0.345 e. The van der Waals surface area contributed by atoms with E-state index in [9.17, 15) is 13.2 Å². The second kappa shape index (κ2) is 5.06. The molecule has 6 heteroatoms. The van der Waals surface area contributed by atoms with Gasteiger partial charge in [-0.25, -0.2) is 8.42 Å². The first-order chi connectivity index (χ1) is 7.77. The minimum atomic E-state index is -3.83. The Balaban J connectivity index is 3.38. The molecule has 1 amide bonds. The highest BCUT2D eigenvalue weighted by atomic mass is 35.7. The molecule has 0 fully saturated rings. The maximum Gasteiger partial charge on any atom is 0.261 e. The van der Waals surface area contributed by atoms with Crippen LogP contribution < -0.4 is 0 Å².